The van der Waals surface area contributed by atoms with Crippen molar-refractivity contribution in [2.75, 3.05) is 19.6 Å². The molecule has 1 fully saturated rings. The summed E-state index contributed by atoms with van der Waals surface area (Å²) < 4.78 is 5.43. The highest BCUT2D eigenvalue weighted by Gasteiger charge is 2.38. The molecule has 0 aromatic carbocycles. The fourth-order valence-electron chi connectivity index (χ4n) is 3.09. The smallest absolute Gasteiger partial charge is 0.417 e. The summed E-state index contributed by atoms with van der Waals surface area (Å²) in [6.07, 6.45) is 3.01. The maximum atomic E-state index is 13.0. The molecule has 1 atom stereocenters. The Balaban J connectivity index is 1.96. The van der Waals surface area contributed by atoms with E-state index in [1.54, 1.807) is 43.2 Å². The first-order chi connectivity index (χ1) is 13.2. The lowest BCUT2D eigenvalue weighted by Crippen LogP contribution is -2.51. The van der Waals surface area contributed by atoms with Crippen LogP contribution < -0.4 is 5.32 Å². The van der Waals surface area contributed by atoms with Gasteiger partial charge in [0.05, 0.1) is 0 Å². The van der Waals surface area contributed by atoms with Gasteiger partial charge in [0, 0.05) is 38.1 Å². The fraction of sp³-hybridized carbons (Fsp3) is 0.684. The lowest BCUT2D eigenvalue weighted by atomic mass is 10.2. The number of ether oxygens (including phenoxy) is 1. The predicted octanol–water partition coefficient (Wildman–Crippen LogP) is 2.40. The molecule has 2 rings (SSSR count). The number of nitrogens with one attached hydrogen (secondary N) is 1. The van der Waals surface area contributed by atoms with Crippen molar-refractivity contribution in [3.63, 3.8) is 0 Å². The minimum absolute atomic E-state index is 0.148. The molecule has 28 heavy (non-hydrogen) atoms. The maximum Gasteiger partial charge on any atom is 0.417 e. The van der Waals surface area contributed by atoms with E-state index < -0.39 is 17.7 Å². The molecule has 3 amide bonds. The molecule has 1 aliphatic rings. The third kappa shape index (κ3) is 6.56. The summed E-state index contributed by atoms with van der Waals surface area (Å²) in [6.45, 7) is 8.81. The number of carbonyl (C=O) groups is 3. The van der Waals surface area contributed by atoms with Gasteiger partial charge in [-0.3, -0.25) is 9.59 Å². The second-order valence-electron chi connectivity index (χ2n) is 7.80. The van der Waals surface area contributed by atoms with Crippen molar-refractivity contribution in [3.05, 3.63) is 16.6 Å². The third-order valence-corrected chi connectivity index (χ3v) is 5.10. The van der Waals surface area contributed by atoms with Crippen LogP contribution in [0.25, 0.3) is 0 Å². The standard InChI is InChI=1S/C19H30N4O4S/c1-14(24)22-10-5-7-15(22)17(25)23(18(26)27-19(2,3)4)11-6-8-20-13-16-21-9-12-28-16/h9,12,15,20H,5-8,10-11,13H2,1-4H3/t15-/m1/s1. The van der Waals surface area contributed by atoms with Crippen LogP contribution in [0.4, 0.5) is 4.79 Å². The van der Waals surface area contributed by atoms with E-state index in [1.807, 2.05) is 5.38 Å². The van der Waals surface area contributed by atoms with E-state index in [1.165, 1.54) is 6.92 Å². The highest BCUT2D eigenvalue weighted by atomic mass is 32.1. The van der Waals surface area contributed by atoms with E-state index in [0.29, 0.717) is 32.5 Å². The Labute approximate surface area is 170 Å². The number of hydrogen-bond acceptors (Lipinski definition) is 7. The van der Waals surface area contributed by atoms with Crippen LogP contribution in [0.5, 0.6) is 0 Å². The van der Waals surface area contributed by atoms with Crippen LogP contribution in [-0.4, -0.2) is 64.0 Å². The zero-order chi connectivity index (χ0) is 20.7. The Hall–Kier alpha value is -2.00. The van der Waals surface area contributed by atoms with Crippen molar-refractivity contribution < 1.29 is 19.1 Å². The number of rotatable bonds is 7. The molecule has 1 aliphatic heterocycles. The van der Waals surface area contributed by atoms with Gasteiger partial charge in [0.2, 0.25) is 5.91 Å². The number of thiazole rings is 1. The summed E-state index contributed by atoms with van der Waals surface area (Å²) in [7, 11) is 0. The number of imide groups is 1. The Morgan fingerprint density at radius 1 is 1.39 bits per heavy atom. The molecule has 9 heteroatoms. The van der Waals surface area contributed by atoms with Crippen LogP contribution >= 0.6 is 11.3 Å². The van der Waals surface area contributed by atoms with Gasteiger partial charge < -0.3 is 15.0 Å². The van der Waals surface area contributed by atoms with Gasteiger partial charge in [-0.25, -0.2) is 14.7 Å². The summed E-state index contributed by atoms with van der Waals surface area (Å²) in [6, 6.07) is -0.590. The van der Waals surface area contributed by atoms with Crippen LogP contribution in [0.15, 0.2) is 11.6 Å². The van der Waals surface area contributed by atoms with E-state index in [4.69, 9.17) is 4.74 Å². The highest BCUT2D eigenvalue weighted by molar-refractivity contribution is 7.09. The molecular weight excluding hydrogens is 380 g/mol. The first kappa shape index (κ1) is 22.3. The van der Waals surface area contributed by atoms with E-state index in [9.17, 15) is 14.4 Å². The highest BCUT2D eigenvalue weighted by Crippen LogP contribution is 2.21. The molecule has 1 aromatic rings. The molecule has 0 aliphatic carbocycles. The topological polar surface area (TPSA) is 91.8 Å². The van der Waals surface area contributed by atoms with Crippen LogP contribution in [-0.2, 0) is 20.9 Å². The SMILES string of the molecule is CC(=O)N1CCC[C@@H]1C(=O)N(CCCNCc1nccs1)C(=O)OC(C)(C)C. The van der Waals surface area contributed by atoms with Gasteiger partial charge in [0.1, 0.15) is 16.7 Å². The number of hydrogen-bond donors (Lipinski definition) is 1. The zero-order valence-electron chi connectivity index (χ0n) is 17.1. The van der Waals surface area contributed by atoms with Gasteiger partial charge in [0.15, 0.2) is 0 Å². The second kappa shape index (κ2) is 9.97. The summed E-state index contributed by atoms with van der Waals surface area (Å²) in [5.41, 5.74) is -0.700. The number of carbonyl (C=O) groups excluding carboxylic acids is 3. The van der Waals surface area contributed by atoms with Crippen molar-refractivity contribution in [1.29, 1.82) is 0 Å². The van der Waals surface area contributed by atoms with Crippen molar-refractivity contribution in [1.82, 2.24) is 20.1 Å². The van der Waals surface area contributed by atoms with Gasteiger partial charge in [0.25, 0.3) is 5.91 Å². The second-order valence-corrected chi connectivity index (χ2v) is 8.78. The summed E-state index contributed by atoms with van der Waals surface area (Å²) >= 11 is 1.57. The molecule has 1 N–H and O–H groups in total. The lowest BCUT2D eigenvalue weighted by molar-refractivity contribution is -0.142. The Kier molecular flexibility index (Phi) is 7.94. The first-order valence-electron chi connectivity index (χ1n) is 9.59. The summed E-state index contributed by atoms with van der Waals surface area (Å²) in [4.78, 5) is 44.4. The van der Waals surface area contributed by atoms with Gasteiger partial charge in [-0.05, 0) is 46.6 Å². The Morgan fingerprint density at radius 2 is 2.14 bits per heavy atom. The molecule has 2 heterocycles. The van der Waals surface area contributed by atoms with Crippen LogP contribution in [0.1, 0.15) is 52.0 Å². The van der Waals surface area contributed by atoms with Crippen molar-refractivity contribution >= 4 is 29.2 Å². The minimum atomic E-state index is -0.700. The molecule has 0 saturated carbocycles. The van der Waals surface area contributed by atoms with Crippen LogP contribution in [0.2, 0.25) is 0 Å². The molecule has 0 radical (unpaired) electrons. The van der Waals surface area contributed by atoms with E-state index in [0.717, 1.165) is 16.3 Å². The van der Waals surface area contributed by atoms with E-state index in [-0.39, 0.29) is 18.4 Å². The summed E-state index contributed by atoms with van der Waals surface area (Å²) in [5, 5.41) is 6.17. The number of nitrogens with zero attached hydrogens (tertiary/aromatic N) is 3. The molecule has 1 saturated heterocycles. The van der Waals surface area contributed by atoms with Crippen LogP contribution in [0, 0.1) is 0 Å². The molecule has 1 aromatic heterocycles. The minimum Gasteiger partial charge on any atom is -0.443 e. The molecule has 0 unspecified atom stereocenters. The van der Waals surface area contributed by atoms with Gasteiger partial charge in [-0.1, -0.05) is 0 Å². The normalized spacial score (nSPS) is 16.9. The number of amides is 3. The van der Waals surface area contributed by atoms with E-state index in [2.05, 4.69) is 10.3 Å². The third-order valence-electron chi connectivity index (χ3n) is 4.32. The van der Waals surface area contributed by atoms with Gasteiger partial charge in [-0.15, -0.1) is 11.3 Å². The van der Waals surface area contributed by atoms with Crippen LogP contribution in [0.3, 0.4) is 0 Å². The Morgan fingerprint density at radius 3 is 2.75 bits per heavy atom. The maximum absolute atomic E-state index is 13.0. The van der Waals surface area contributed by atoms with Gasteiger partial charge >= 0.3 is 6.09 Å². The monoisotopic (exact) mass is 410 g/mol. The van der Waals surface area contributed by atoms with Crippen molar-refractivity contribution in [2.24, 2.45) is 0 Å². The predicted molar refractivity (Wildman–Crippen MR) is 107 cm³/mol. The summed E-state index contributed by atoms with van der Waals surface area (Å²) in [5.74, 6) is -0.507. The first-order valence-corrected chi connectivity index (χ1v) is 10.5. The number of likely N-dealkylation sites (tertiary alicyclic amines) is 1. The quantitative estimate of drug-likeness (QED) is 0.694. The van der Waals surface area contributed by atoms with Crippen molar-refractivity contribution in [3.8, 4) is 0 Å². The Bertz CT molecular complexity index is 672. The molecule has 0 spiro atoms. The zero-order valence-corrected chi connectivity index (χ0v) is 17.9. The van der Waals surface area contributed by atoms with E-state index >= 15 is 0 Å². The molecular formula is C19H30N4O4S. The molecule has 8 nitrogen and oxygen atoms in total. The largest absolute Gasteiger partial charge is 0.443 e. The lowest BCUT2D eigenvalue weighted by Gasteiger charge is -2.30. The fourth-order valence-corrected chi connectivity index (χ4v) is 3.67. The molecule has 156 valence electrons. The van der Waals surface area contributed by atoms with Crippen molar-refractivity contribution in [2.45, 2.75) is 65.1 Å². The average molecular weight is 411 g/mol. The molecule has 0 bridgehead atoms. The van der Waals surface area contributed by atoms with Gasteiger partial charge in [-0.2, -0.15) is 0 Å². The number of aromatic nitrogens is 1. The average Bonchev–Trinajstić information content (AvgIpc) is 3.26.